The molecule has 0 amide bonds. The van der Waals surface area contributed by atoms with Crippen LogP contribution in [0.2, 0.25) is 5.02 Å². The SMILES string of the molecule is CN=C(NCc1cccc(Cl)c1)NCc1ccc(C)cc1OCC1CCOC1. The number of guanidine groups is 1. The molecule has 5 nitrogen and oxygen atoms in total. The fourth-order valence-electron chi connectivity index (χ4n) is 3.10. The lowest BCUT2D eigenvalue weighted by Crippen LogP contribution is -2.36. The molecule has 28 heavy (non-hydrogen) atoms. The molecule has 2 aromatic rings. The molecule has 2 aromatic carbocycles. The number of hydrogen-bond donors (Lipinski definition) is 2. The van der Waals surface area contributed by atoms with Gasteiger partial charge in [0.1, 0.15) is 5.75 Å². The van der Waals surface area contributed by atoms with Crippen LogP contribution in [0.15, 0.2) is 47.5 Å². The van der Waals surface area contributed by atoms with E-state index in [1.165, 1.54) is 5.56 Å². The van der Waals surface area contributed by atoms with Gasteiger partial charge in [-0.3, -0.25) is 4.99 Å². The Balaban J connectivity index is 1.55. The normalized spacial score (nSPS) is 16.8. The Morgan fingerprint density at radius 2 is 2.07 bits per heavy atom. The van der Waals surface area contributed by atoms with E-state index < -0.39 is 0 Å². The highest BCUT2D eigenvalue weighted by Gasteiger charge is 2.17. The number of nitrogens with one attached hydrogen (secondary N) is 2. The number of benzene rings is 2. The molecule has 0 aromatic heterocycles. The maximum Gasteiger partial charge on any atom is 0.191 e. The summed E-state index contributed by atoms with van der Waals surface area (Å²) in [5, 5.41) is 7.41. The largest absolute Gasteiger partial charge is 0.493 e. The third-order valence-electron chi connectivity index (χ3n) is 4.74. The van der Waals surface area contributed by atoms with Crippen LogP contribution in [0.4, 0.5) is 0 Å². The second-order valence-corrected chi connectivity index (χ2v) is 7.50. The second kappa shape index (κ2) is 10.3. The summed E-state index contributed by atoms with van der Waals surface area (Å²) < 4.78 is 11.6. The summed E-state index contributed by atoms with van der Waals surface area (Å²) in [5.41, 5.74) is 3.40. The fraction of sp³-hybridized carbons (Fsp3) is 0.409. The Kier molecular flexibility index (Phi) is 7.57. The molecular weight excluding hydrogens is 374 g/mol. The van der Waals surface area contributed by atoms with E-state index in [-0.39, 0.29) is 0 Å². The summed E-state index contributed by atoms with van der Waals surface area (Å²) in [6, 6.07) is 14.1. The summed E-state index contributed by atoms with van der Waals surface area (Å²) >= 11 is 6.05. The molecule has 0 saturated carbocycles. The van der Waals surface area contributed by atoms with Gasteiger partial charge in [0.05, 0.1) is 13.2 Å². The molecule has 6 heteroatoms. The van der Waals surface area contributed by atoms with Crippen LogP contribution < -0.4 is 15.4 Å². The van der Waals surface area contributed by atoms with E-state index >= 15 is 0 Å². The Morgan fingerprint density at radius 3 is 2.82 bits per heavy atom. The number of rotatable bonds is 7. The van der Waals surface area contributed by atoms with Gasteiger partial charge >= 0.3 is 0 Å². The molecule has 150 valence electrons. The van der Waals surface area contributed by atoms with Crippen molar-refractivity contribution in [1.29, 1.82) is 0 Å². The van der Waals surface area contributed by atoms with E-state index in [2.05, 4.69) is 40.7 Å². The Bertz CT molecular complexity index is 804. The molecule has 1 unspecified atom stereocenters. The maximum absolute atomic E-state index is 6.12. The topological polar surface area (TPSA) is 54.9 Å². The Hall–Kier alpha value is -2.24. The average molecular weight is 402 g/mol. The molecule has 1 atom stereocenters. The molecule has 0 aliphatic carbocycles. The van der Waals surface area contributed by atoms with Gasteiger partial charge in [-0.05, 0) is 42.7 Å². The monoisotopic (exact) mass is 401 g/mol. The molecule has 1 aliphatic rings. The highest BCUT2D eigenvalue weighted by atomic mass is 35.5. The van der Waals surface area contributed by atoms with Crippen LogP contribution >= 0.6 is 11.6 Å². The molecular formula is C22H28ClN3O2. The van der Waals surface area contributed by atoms with Crippen LogP contribution in [0.25, 0.3) is 0 Å². The Morgan fingerprint density at radius 1 is 1.21 bits per heavy atom. The first-order valence-corrected chi connectivity index (χ1v) is 10.0. The van der Waals surface area contributed by atoms with Gasteiger partial charge in [-0.25, -0.2) is 0 Å². The quantitative estimate of drug-likeness (QED) is 0.545. The molecule has 1 fully saturated rings. The van der Waals surface area contributed by atoms with Crippen molar-refractivity contribution >= 4 is 17.6 Å². The minimum absolute atomic E-state index is 0.480. The van der Waals surface area contributed by atoms with Crippen LogP contribution in [0, 0.1) is 12.8 Å². The van der Waals surface area contributed by atoms with E-state index in [0.717, 1.165) is 47.5 Å². The van der Waals surface area contributed by atoms with Crippen molar-refractivity contribution in [2.75, 3.05) is 26.9 Å². The van der Waals surface area contributed by atoms with Gasteiger partial charge < -0.3 is 20.1 Å². The first kappa shape index (κ1) is 20.5. The van der Waals surface area contributed by atoms with Crippen molar-refractivity contribution in [1.82, 2.24) is 10.6 Å². The maximum atomic E-state index is 6.12. The molecule has 2 N–H and O–H groups in total. The van der Waals surface area contributed by atoms with Crippen molar-refractivity contribution in [3.05, 3.63) is 64.2 Å². The Labute approximate surface area is 172 Å². The van der Waals surface area contributed by atoms with E-state index in [4.69, 9.17) is 21.1 Å². The van der Waals surface area contributed by atoms with Crippen LogP contribution in [0.1, 0.15) is 23.1 Å². The summed E-state index contributed by atoms with van der Waals surface area (Å²) in [6.07, 6.45) is 1.07. The van der Waals surface area contributed by atoms with Crippen LogP contribution in [0.5, 0.6) is 5.75 Å². The molecule has 1 heterocycles. The molecule has 0 bridgehead atoms. The van der Waals surface area contributed by atoms with E-state index in [1.54, 1.807) is 7.05 Å². The van der Waals surface area contributed by atoms with Gasteiger partial charge in [0.2, 0.25) is 0 Å². The van der Waals surface area contributed by atoms with Gasteiger partial charge in [-0.15, -0.1) is 0 Å². The zero-order chi connectivity index (χ0) is 19.8. The van der Waals surface area contributed by atoms with Crippen molar-refractivity contribution in [2.45, 2.75) is 26.4 Å². The van der Waals surface area contributed by atoms with Gasteiger partial charge in [0.15, 0.2) is 5.96 Å². The number of aryl methyl sites for hydroxylation is 1. The number of hydrogen-bond acceptors (Lipinski definition) is 3. The number of nitrogens with zero attached hydrogens (tertiary/aromatic N) is 1. The highest BCUT2D eigenvalue weighted by Crippen LogP contribution is 2.22. The molecule has 0 spiro atoms. The number of ether oxygens (including phenoxy) is 2. The summed E-state index contributed by atoms with van der Waals surface area (Å²) in [7, 11) is 1.76. The first-order chi connectivity index (χ1) is 13.6. The average Bonchev–Trinajstić information content (AvgIpc) is 3.21. The molecule has 0 radical (unpaired) electrons. The first-order valence-electron chi connectivity index (χ1n) is 9.63. The third kappa shape index (κ3) is 6.14. The summed E-state index contributed by atoms with van der Waals surface area (Å²) in [5.74, 6) is 2.13. The van der Waals surface area contributed by atoms with Crippen molar-refractivity contribution < 1.29 is 9.47 Å². The van der Waals surface area contributed by atoms with Crippen molar-refractivity contribution in [2.24, 2.45) is 10.9 Å². The molecule has 1 aliphatic heterocycles. The lowest BCUT2D eigenvalue weighted by atomic mass is 10.1. The lowest BCUT2D eigenvalue weighted by Gasteiger charge is -2.17. The molecule has 1 saturated heterocycles. The smallest absolute Gasteiger partial charge is 0.191 e. The van der Waals surface area contributed by atoms with E-state index in [9.17, 15) is 0 Å². The highest BCUT2D eigenvalue weighted by molar-refractivity contribution is 6.30. The van der Waals surface area contributed by atoms with Gasteiger partial charge in [0, 0.05) is 43.2 Å². The van der Waals surface area contributed by atoms with Gasteiger partial charge in [0.25, 0.3) is 0 Å². The van der Waals surface area contributed by atoms with Crippen molar-refractivity contribution in [3.8, 4) is 5.75 Å². The van der Waals surface area contributed by atoms with E-state index in [0.29, 0.717) is 25.6 Å². The zero-order valence-corrected chi connectivity index (χ0v) is 17.3. The molecule has 3 rings (SSSR count). The second-order valence-electron chi connectivity index (χ2n) is 7.06. The minimum atomic E-state index is 0.480. The van der Waals surface area contributed by atoms with Crippen LogP contribution in [-0.2, 0) is 17.8 Å². The number of aliphatic imine (C=N–C) groups is 1. The zero-order valence-electron chi connectivity index (χ0n) is 16.5. The predicted molar refractivity (Wildman–Crippen MR) is 114 cm³/mol. The van der Waals surface area contributed by atoms with Crippen LogP contribution in [0.3, 0.4) is 0 Å². The standard InChI is InChI=1S/C22H28ClN3O2/c1-16-6-7-19(21(10-16)28-15-18-8-9-27-14-18)13-26-22(24-2)25-12-17-4-3-5-20(23)11-17/h3-7,10-11,18H,8-9,12-15H2,1-2H3,(H2,24,25,26). The minimum Gasteiger partial charge on any atom is -0.493 e. The summed E-state index contributed by atoms with van der Waals surface area (Å²) in [6.45, 7) is 5.68. The third-order valence-corrected chi connectivity index (χ3v) is 4.98. The van der Waals surface area contributed by atoms with E-state index in [1.807, 2.05) is 24.3 Å². The summed E-state index contributed by atoms with van der Waals surface area (Å²) in [4.78, 5) is 4.30. The fourth-order valence-corrected chi connectivity index (χ4v) is 3.31. The van der Waals surface area contributed by atoms with Crippen LogP contribution in [-0.4, -0.2) is 32.8 Å². The van der Waals surface area contributed by atoms with Gasteiger partial charge in [-0.2, -0.15) is 0 Å². The number of halogens is 1. The van der Waals surface area contributed by atoms with Crippen molar-refractivity contribution in [3.63, 3.8) is 0 Å². The van der Waals surface area contributed by atoms with Gasteiger partial charge in [-0.1, -0.05) is 35.9 Å². The predicted octanol–water partition coefficient (Wildman–Crippen LogP) is 3.93. The lowest BCUT2D eigenvalue weighted by molar-refractivity contribution is 0.166.